The van der Waals surface area contributed by atoms with Gasteiger partial charge in [0.15, 0.2) is 0 Å². The molecule has 2 heterocycles. The molecule has 1 fully saturated rings. The van der Waals surface area contributed by atoms with Gasteiger partial charge in [0, 0.05) is 26.2 Å². The van der Waals surface area contributed by atoms with Crippen molar-refractivity contribution in [2.24, 2.45) is 0 Å². The number of hydrogen-bond donors (Lipinski definition) is 0. The van der Waals surface area contributed by atoms with Crippen molar-refractivity contribution in [2.45, 2.75) is 13.5 Å². The smallest absolute Gasteiger partial charge is 0.236 e. The highest BCUT2D eigenvalue weighted by molar-refractivity contribution is 7.88. The lowest BCUT2D eigenvalue weighted by molar-refractivity contribution is -0.133. The van der Waals surface area contributed by atoms with E-state index >= 15 is 0 Å². The van der Waals surface area contributed by atoms with Crippen LogP contribution in [0.1, 0.15) is 12.7 Å². The Balaban J connectivity index is 1.84. The number of nitrogens with zero attached hydrogens (tertiary/aromatic N) is 3. The fourth-order valence-electron chi connectivity index (χ4n) is 2.46. The van der Waals surface area contributed by atoms with Crippen LogP contribution in [0.15, 0.2) is 22.8 Å². The number of carbonyl (C=O) groups is 1. The SMILES string of the molecule is CCN(CC(=O)N1CCN(S(C)(=O)=O)CC1)Cc1ccco1. The Bertz CT molecular complexity index is 577. The van der Waals surface area contributed by atoms with Gasteiger partial charge < -0.3 is 9.32 Å². The zero-order chi connectivity index (χ0) is 16.2. The first-order valence-corrected chi connectivity index (χ1v) is 9.22. The number of amides is 1. The van der Waals surface area contributed by atoms with Crippen LogP contribution >= 0.6 is 0 Å². The van der Waals surface area contributed by atoms with Crippen LogP contribution in [0.5, 0.6) is 0 Å². The molecule has 124 valence electrons. The average Bonchev–Trinajstić information content (AvgIpc) is 2.98. The lowest BCUT2D eigenvalue weighted by Crippen LogP contribution is -2.52. The van der Waals surface area contributed by atoms with Crippen LogP contribution in [0.25, 0.3) is 0 Å². The first-order chi connectivity index (χ1) is 10.4. The predicted octanol–water partition coefficient (Wildman–Crippen LogP) is 0.205. The molecule has 0 N–H and O–H groups in total. The van der Waals surface area contributed by atoms with Crippen molar-refractivity contribution in [2.75, 3.05) is 45.5 Å². The van der Waals surface area contributed by atoms with Crippen molar-refractivity contribution in [3.8, 4) is 0 Å². The summed E-state index contributed by atoms with van der Waals surface area (Å²) in [6.45, 7) is 5.29. The Kier molecular flexibility index (Phi) is 5.60. The molecule has 1 aromatic heterocycles. The first kappa shape index (κ1) is 17.0. The summed E-state index contributed by atoms with van der Waals surface area (Å²) in [4.78, 5) is 16.1. The van der Waals surface area contributed by atoms with Crippen molar-refractivity contribution < 1.29 is 17.6 Å². The summed E-state index contributed by atoms with van der Waals surface area (Å²) in [5, 5.41) is 0. The van der Waals surface area contributed by atoms with Gasteiger partial charge in [0.05, 0.1) is 25.6 Å². The van der Waals surface area contributed by atoms with Gasteiger partial charge >= 0.3 is 0 Å². The fraction of sp³-hybridized carbons (Fsp3) is 0.643. The number of rotatable bonds is 6. The van der Waals surface area contributed by atoms with Gasteiger partial charge in [0.1, 0.15) is 5.76 Å². The Hall–Kier alpha value is -1.38. The highest BCUT2D eigenvalue weighted by Gasteiger charge is 2.26. The summed E-state index contributed by atoms with van der Waals surface area (Å²) in [7, 11) is -3.16. The number of sulfonamides is 1. The zero-order valence-corrected chi connectivity index (χ0v) is 13.9. The molecule has 1 saturated heterocycles. The summed E-state index contributed by atoms with van der Waals surface area (Å²) < 4.78 is 29.7. The highest BCUT2D eigenvalue weighted by atomic mass is 32.2. The van der Waals surface area contributed by atoms with Gasteiger partial charge in [0.25, 0.3) is 0 Å². The Morgan fingerprint density at radius 2 is 2.00 bits per heavy atom. The molecule has 2 rings (SSSR count). The lowest BCUT2D eigenvalue weighted by Gasteiger charge is -2.34. The van der Waals surface area contributed by atoms with Crippen LogP contribution in [-0.2, 0) is 21.4 Å². The predicted molar refractivity (Wildman–Crippen MR) is 82.7 cm³/mol. The molecule has 1 aromatic rings. The minimum absolute atomic E-state index is 0.0292. The molecule has 0 saturated carbocycles. The number of furan rings is 1. The van der Waals surface area contributed by atoms with Crippen LogP contribution in [0.2, 0.25) is 0 Å². The third-order valence-electron chi connectivity index (χ3n) is 3.83. The topological polar surface area (TPSA) is 74.1 Å². The van der Waals surface area contributed by atoms with Crippen molar-refractivity contribution in [3.63, 3.8) is 0 Å². The molecule has 0 bridgehead atoms. The van der Waals surface area contributed by atoms with E-state index in [9.17, 15) is 13.2 Å². The zero-order valence-electron chi connectivity index (χ0n) is 13.1. The maximum atomic E-state index is 12.3. The molecule has 8 heteroatoms. The molecule has 0 aliphatic carbocycles. The lowest BCUT2D eigenvalue weighted by atomic mass is 10.3. The molecule has 1 aliphatic rings. The van der Waals surface area contributed by atoms with Crippen LogP contribution in [0, 0.1) is 0 Å². The Morgan fingerprint density at radius 3 is 2.50 bits per heavy atom. The number of piperazine rings is 1. The summed E-state index contributed by atoms with van der Waals surface area (Å²) in [5.41, 5.74) is 0. The van der Waals surface area contributed by atoms with Gasteiger partial charge in [-0.25, -0.2) is 8.42 Å². The van der Waals surface area contributed by atoms with Gasteiger partial charge in [-0.1, -0.05) is 6.92 Å². The molecule has 1 amide bonds. The largest absolute Gasteiger partial charge is 0.468 e. The highest BCUT2D eigenvalue weighted by Crippen LogP contribution is 2.09. The second kappa shape index (κ2) is 7.26. The minimum atomic E-state index is -3.16. The van der Waals surface area contributed by atoms with E-state index in [2.05, 4.69) is 0 Å². The van der Waals surface area contributed by atoms with Gasteiger partial charge in [0.2, 0.25) is 15.9 Å². The second-order valence-electron chi connectivity index (χ2n) is 5.43. The quantitative estimate of drug-likeness (QED) is 0.746. The summed E-state index contributed by atoms with van der Waals surface area (Å²) >= 11 is 0. The van der Waals surface area contributed by atoms with Crippen molar-refractivity contribution in [3.05, 3.63) is 24.2 Å². The van der Waals surface area contributed by atoms with E-state index in [4.69, 9.17) is 4.42 Å². The van der Waals surface area contributed by atoms with Gasteiger partial charge in [-0.05, 0) is 18.7 Å². The summed E-state index contributed by atoms with van der Waals surface area (Å²) in [6.07, 6.45) is 2.82. The van der Waals surface area contributed by atoms with Crippen LogP contribution in [-0.4, -0.2) is 74.0 Å². The molecule has 1 aliphatic heterocycles. The van der Waals surface area contributed by atoms with Crippen LogP contribution in [0.3, 0.4) is 0 Å². The van der Waals surface area contributed by atoms with Crippen molar-refractivity contribution in [1.29, 1.82) is 0 Å². The monoisotopic (exact) mass is 329 g/mol. The van der Waals surface area contributed by atoms with Crippen molar-refractivity contribution in [1.82, 2.24) is 14.1 Å². The minimum Gasteiger partial charge on any atom is -0.468 e. The van der Waals surface area contributed by atoms with Crippen LogP contribution < -0.4 is 0 Å². The van der Waals surface area contributed by atoms with Gasteiger partial charge in [-0.2, -0.15) is 4.31 Å². The molecule has 0 aromatic carbocycles. The fourth-order valence-corrected chi connectivity index (χ4v) is 3.29. The van der Waals surface area contributed by atoms with E-state index in [-0.39, 0.29) is 5.91 Å². The van der Waals surface area contributed by atoms with Crippen LogP contribution in [0.4, 0.5) is 0 Å². The Morgan fingerprint density at radius 1 is 1.32 bits per heavy atom. The molecule has 0 atom stereocenters. The summed E-state index contributed by atoms with van der Waals surface area (Å²) in [6, 6.07) is 3.72. The number of carbonyl (C=O) groups excluding carboxylic acids is 1. The number of likely N-dealkylation sites (N-methyl/N-ethyl adjacent to an activating group) is 1. The molecule has 0 radical (unpaired) electrons. The maximum Gasteiger partial charge on any atom is 0.236 e. The average molecular weight is 329 g/mol. The molecule has 0 unspecified atom stereocenters. The van der Waals surface area contributed by atoms with E-state index in [1.54, 1.807) is 11.2 Å². The third kappa shape index (κ3) is 4.56. The third-order valence-corrected chi connectivity index (χ3v) is 5.13. The van der Waals surface area contributed by atoms with E-state index in [1.807, 2.05) is 24.0 Å². The van der Waals surface area contributed by atoms with Gasteiger partial charge in [-0.15, -0.1) is 0 Å². The van der Waals surface area contributed by atoms with E-state index in [0.29, 0.717) is 39.3 Å². The van der Waals surface area contributed by atoms with E-state index < -0.39 is 10.0 Å². The van der Waals surface area contributed by atoms with E-state index in [1.165, 1.54) is 10.6 Å². The van der Waals surface area contributed by atoms with Crippen molar-refractivity contribution >= 4 is 15.9 Å². The molecular formula is C14H23N3O4S. The van der Waals surface area contributed by atoms with Gasteiger partial charge in [-0.3, -0.25) is 9.69 Å². The molecule has 22 heavy (non-hydrogen) atoms. The molecule has 7 nitrogen and oxygen atoms in total. The molecular weight excluding hydrogens is 306 g/mol. The second-order valence-corrected chi connectivity index (χ2v) is 7.41. The van der Waals surface area contributed by atoms with E-state index in [0.717, 1.165) is 12.3 Å². The number of hydrogen-bond acceptors (Lipinski definition) is 5. The normalized spacial score (nSPS) is 17.1. The molecule has 0 spiro atoms. The standard InChI is InChI=1S/C14H23N3O4S/c1-3-15(11-13-5-4-10-21-13)12-14(18)16-6-8-17(9-7-16)22(2,19)20/h4-5,10H,3,6-9,11-12H2,1-2H3. The first-order valence-electron chi connectivity index (χ1n) is 7.37. The summed E-state index contributed by atoms with van der Waals surface area (Å²) in [5.74, 6) is 0.859. The maximum absolute atomic E-state index is 12.3. The Labute approximate surface area is 131 Å².